The molecule has 0 radical (unpaired) electrons. The van der Waals surface area contributed by atoms with Crippen LogP contribution in [-0.2, 0) is 6.54 Å². The van der Waals surface area contributed by atoms with Crippen molar-refractivity contribution in [2.45, 2.75) is 26.6 Å². The molecule has 4 rings (SSSR count). The van der Waals surface area contributed by atoms with Crippen LogP contribution < -0.4 is 20.1 Å². The fraction of sp³-hybridized carbons (Fsp3) is 0.304. The number of carbonyl (C=O) groups excluding carboxylic acids is 1. The summed E-state index contributed by atoms with van der Waals surface area (Å²) in [5, 5.41) is 11.2. The zero-order valence-electron chi connectivity index (χ0n) is 17.7. The second-order valence-electron chi connectivity index (χ2n) is 7.47. The van der Waals surface area contributed by atoms with Crippen molar-refractivity contribution in [3.05, 3.63) is 64.8 Å². The van der Waals surface area contributed by atoms with E-state index in [0.717, 1.165) is 22.4 Å². The predicted octanol–water partition coefficient (Wildman–Crippen LogP) is 3.22. The summed E-state index contributed by atoms with van der Waals surface area (Å²) in [7, 11) is 3.24. The van der Waals surface area contributed by atoms with Crippen molar-refractivity contribution in [3.63, 3.8) is 0 Å². The number of methoxy groups -OCH3 is 2. The number of nitrogens with one attached hydrogen (secondary N) is 2. The molecule has 0 fully saturated rings. The minimum atomic E-state index is -0.148. The van der Waals surface area contributed by atoms with Crippen LogP contribution in [0.25, 0.3) is 11.3 Å². The summed E-state index contributed by atoms with van der Waals surface area (Å²) < 4.78 is 12.5. The predicted molar refractivity (Wildman–Crippen MR) is 115 cm³/mol. The molecule has 7 heteroatoms. The van der Waals surface area contributed by atoms with E-state index in [-0.39, 0.29) is 12.1 Å². The molecule has 1 aliphatic heterocycles. The second-order valence-corrected chi connectivity index (χ2v) is 7.47. The Morgan fingerprint density at radius 2 is 1.90 bits per heavy atom. The van der Waals surface area contributed by atoms with Gasteiger partial charge in [0.1, 0.15) is 11.9 Å². The summed E-state index contributed by atoms with van der Waals surface area (Å²) >= 11 is 0. The summed E-state index contributed by atoms with van der Waals surface area (Å²) in [5.74, 6) is 1.27. The molecule has 0 bridgehead atoms. The van der Waals surface area contributed by atoms with Crippen LogP contribution in [0.4, 0.5) is 0 Å². The first-order chi connectivity index (χ1) is 14.5. The van der Waals surface area contributed by atoms with Crippen LogP contribution in [0.5, 0.6) is 11.5 Å². The van der Waals surface area contributed by atoms with Crippen molar-refractivity contribution in [1.82, 2.24) is 20.4 Å². The monoisotopic (exact) mass is 406 g/mol. The van der Waals surface area contributed by atoms with Crippen LogP contribution in [0.1, 0.15) is 33.3 Å². The van der Waals surface area contributed by atoms with Crippen LogP contribution in [0, 0.1) is 13.8 Å². The Morgan fingerprint density at radius 3 is 2.63 bits per heavy atom. The Balaban J connectivity index is 1.58. The maximum absolute atomic E-state index is 12.4. The molecule has 7 nitrogen and oxygen atoms in total. The summed E-state index contributed by atoms with van der Waals surface area (Å²) in [4.78, 5) is 12.4. The highest BCUT2D eigenvalue weighted by Gasteiger charge is 2.27. The van der Waals surface area contributed by atoms with Gasteiger partial charge in [0.05, 0.1) is 26.5 Å². The summed E-state index contributed by atoms with van der Waals surface area (Å²) in [6, 6.07) is 13.9. The van der Waals surface area contributed by atoms with Crippen molar-refractivity contribution in [2.75, 3.05) is 20.8 Å². The van der Waals surface area contributed by atoms with E-state index in [2.05, 4.69) is 42.7 Å². The van der Waals surface area contributed by atoms with E-state index in [9.17, 15) is 4.79 Å². The lowest BCUT2D eigenvalue weighted by atomic mass is 10.0. The third-order valence-electron chi connectivity index (χ3n) is 5.37. The Labute approximate surface area is 176 Å². The molecular weight excluding hydrogens is 380 g/mol. The lowest BCUT2D eigenvalue weighted by Gasteiger charge is -2.26. The Kier molecular flexibility index (Phi) is 5.46. The standard InChI is InChI=1S/C23H26N4O3/c1-14-5-7-17(15(2)9-14)18-11-19-23(28)25-13-22(27(19)26-18)24-12-16-6-8-20(29-3)21(10-16)30-4/h5-11,22,24H,12-13H2,1-4H3,(H,25,28)/t22-/m1/s1. The van der Waals surface area contributed by atoms with Gasteiger partial charge in [-0.25, -0.2) is 4.68 Å². The number of rotatable bonds is 6. The fourth-order valence-corrected chi connectivity index (χ4v) is 3.79. The fourth-order valence-electron chi connectivity index (χ4n) is 3.79. The third-order valence-corrected chi connectivity index (χ3v) is 5.37. The van der Waals surface area contributed by atoms with Crippen molar-refractivity contribution in [1.29, 1.82) is 0 Å². The van der Waals surface area contributed by atoms with Gasteiger partial charge in [0.15, 0.2) is 11.5 Å². The Hall–Kier alpha value is -3.32. The second kappa shape index (κ2) is 8.20. The molecule has 1 aliphatic rings. The quantitative estimate of drug-likeness (QED) is 0.657. The molecule has 1 amide bonds. The van der Waals surface area contributed by atoms with Gasteiger partial charge in [0.2, 0.25) is 0 Å². The highest BCUT2D eigenvalue weighted by Crippen LogP contribution is 2.29. The largest absolute Gasteiger partial charge is 0.493 e. The zero-order chi connectivity index (χ0) is 21.3. The number of hydrogen-bond acceptors (Lipinski definition) is 5. The highest BCUT2D eigenvalue weighted by atomic mass is 16.5. The van der Waals surface area contributed by atoms with E-state index in [1.807, 2.05) is 24.3 Å². The molecule has 1 aromatic heterocycles. The van der Waals surface area contributed by atoms with E-state index >= 15 is 0 Å². The highest BCUT2D eigenvalue weighted by molar-refractivity contribution is 5.94. The maximum atomic E-state index is 12.4. The van der Waals surface area contributed by atoms with Gasteiger partial charge in [-0.05, 0) is 43.2 Å². The van der Waals surface area contributed by atoms with Crippen molar-refractivity contribution in [3.8, 4) is 22.8 Å². The van der Waals surface area contributed by atoms with Gasteiger partial charge in [-0.3, -0.25) is 10.1 Å². The van der Waals surface area contributed by atoms with Gasteiger partial charge >= 0.3 is 0 Å². The lowest BCUT2D eigenvalue weighted by molar-refractivity contribution is 0.0900. The van der Waals surface area contributed by atoms with E-state index in [1.165, 1.54) is 5.56 Å². The summed E-state index contributed by atoms with van der Waals surface area (Å²) in [5.41, 5.74) is 5.79. The number of ether oxygens (including phenoxy) is 2. The third kappa shape index (κ3) is 3.76. The summed E-state index contributed by atoms with van der Waals surface area (Å²) in [6.07, 6.45) is -0.148. The van der Waals surface area contributed by atoms with Gasteiger partial charge in [0.25, 0.3) is 5.91 Å². The van der Waals surface area contributed by atoms with Crippen molar-refractivity contribution in [2.24, 2.45) is 0 Å². The van der Waals surface area contributed by atoms with Crippen LogP contribution >= 0.6 is 0 Å². The molecular formula is C23H26N4O3. The van der Waals surface area contributed by atoms with Gasteiger partial charge < -0.3 is 14.8 Å². The molecule has 0 unspecified atom stereocenters. The number of carbonyl (C=O) groups is 1. The molecule has 1 atom stereocenters. The van der Waals surface area contributed by atoms with Crippen LogP contribution in [-0.4, -0.2) is 36.5 Å². The average molecular weight is 406 g/mol. The normalized spacial score (nSPS) is 15.5. The Bertz CT molecular complexity index is 1090. The van der Waals surface area contributed by atoms with Gasteiger partial charge in [-0.15, -0.1) is 0 Å². The topological polar surface area (TPSA) is 77.4 Å². The molecule has 2 heterocycles. The number of hydrogen-bond donors (Lipinski definition) is 2. The van der Waals surface area contributed by atoms with E-state index in [0.29, 0.717) is 30.3 Å². The van der Waals surface area contributed by atoms with Gasteiger partial charge in [-0.1, -0.05) is 29.8 Å². The first kappa shape index (κ1) is 20.0. The maximum Gasteiger partial charge on any atom is 0.269 e. The number of fused-ring (bicyclic) bond motifs is 1. The Morgan fingerprint density at radius 1 is 1.10 bits per heavy atom. The van der Waals surface area contributed by atoms with Crippen molar-refractivity contribution < 1.29 is 14.3 Å². The molecule has 0 aliphatic carbocycles. The molecule has 0 saturated carbocycles. The minimum Gasteiger partial charge on any atom is -0.493 e. The molecule has 156 valence electrons. The van der Waals surface area contributed by atoms with E-state index in [4.69, 9.17) is 14.6 Å². The molecule has 2 aromatic carbocycles. The number of amides is 1. The van der Waals surface area contributed by atoms with Crippen LogP contribution in [0.3, 0.4) is 0 Å². The SMILES string of the molecule is COc1ccc(CN[C@H]2CNC(=O)c3cc(-c4ccc(C)cc4C)nn32)cc1OC. The van der Waals surface area contributed by atoms with Crippen molar-refractivity contribution >= 4 is 5.91 Å². The van der Waals surface area contributed by atoms with Crippen LogP contribution in [0.2, 0.25) is 0 Å². The number of aryl methyl sites for hydroxylation is 2. The molecule has 30 heavy (non-hydrogen) atoms. The van der Waals surface area contributed by atoms with Gasteiger partial charge in [0, 0.05) is 12.1 Å². The first-order valence-electron chi connectivity index (χ1n) is 9.90. The van der Waals surface area contributed by atoms with Crippen LogP contribution in [0.15, 0.2) is 42.5 Å². The number of benzene rings is 2. The van der Waals surface area contributed by atoms with E-state index in [1.54, 1.807) is 18.9 Å². The molecule has 3 aromatic rings. The number of aromatic nitrogens is 2. The first-order valence-corrected chi connectivity index (χ1v) is 9.90. The minimum absolute atomic E-state index is 0.109. The van der Waals surface area contributed by atoms with E-state index < -0.39 is 0 Å². The zero-order valence-corrected chi connectivity index (χ0v) is 17.7. The van der Waals surface area contributed by atoms with Gasteiger partial charge in [-0.2, -0.15) is 5.10 Å². The lowest BCUT2D eigenvalue weighted by Crippen LogP contribution is -2.45. The molecule has 2 N–H and O–H groups in total. The number of nitrogens with zero attached hydrogens (tertiary/aromatic N) is 2. The average Bonchev–Trinajstić information content (AvgIpc) is 3.19. The summed E-state index contributed by atoms with van der Waals surface area (Å²) in [6.45, 7) is 5.19. The smallest absolute Gasteiger partial charge is 0.269 e. The molecule has 0 saturated heterocycles. The molecule has 0 spiro atoms.